The first-order valence-electron chi connectivity index (χ1n) is 14.7. The van der Waals surface area contributed by atoms with Crippen LogP contribution in [-0.4, -0.2) is 48.8 Å². The third kappa shape index (κ3) is 6.73. The van der Waals surface area contributed by atoms with Gasteiger partial charge in [-0.25, -0.2) is 0 Å². The number of hydrogen-bond acceptors (Lipinski definition) is 3. The summed E-state index contributed by atoms with van der Waals surface area (Å²) in [6, 6.07) is 21.9. The molecule has 1 saturated heterocycles. The molecule has 1 fully saturated rings. The lowest BCUT2D eigenvalue weighted by atomic mass is 9.83. The van der Waals surface area contributed by atoms with E-state index in [1.165, 1.54) is 16.2 Å². The number of hydrogen-bond donors (Lipinski definition) is 0. The van der Waals surface area contributed by atoms with Crippen LogP contribution in [0.3, 0.4) is 0 Å². The minimum Gasteiger partial charge on any atom is -0.371 e. The van der Waals surface area contributed by atoms with E-state index in [-0.39, 0.29) is 17.2 Å². The lowest BCUT2D eigenvalue weighted by molar-refractivity contribution is -0.106. The summed E-state index contributed by atoms with van der Waals surface area (Å²) in [5.41, 5.74) is 6.45. The number of carbonyl (C=O) groups excluding carboxylic acids is 2. The molecule has 222 valence electrons. The number of rotatable bonds is 9. The summed E-state index contributed by atoms with van der Waals surface area (Å²) in [6.07, 6.45) is 2.86. The Bertz CT molecular complexity index is 1460. The SMILES string of the molecule is C=C(CC(C)(C)C)N1CCC(c2ccccc2N(C=O)c2cccc(-c3ccc(C(=O)N(C)C)c(Cl)c3)c2)C1C(C)C. The lowest BCUT2D eigenvalue weighted by Gasteiger charge is -2.37. The van der Waals surface area contributed by atoms with Gasteiger partial charge in [0, 0.05) is 44.0 Å². The number of likely N-dealkylation sites (tertiary alicyclic amines) is 1. The van der Waals surface area contributed by atoms with Gasteiger partial charge in [-0.15, -0.1) is 0 Å². The Labute approximate surface area is 256 Å². The van der Waals surface area contributed by atoms with Crippen molar-refractivity contribution < 1.29 is 9.59 Å². The van der Waals surface area contributed by atoms with Crippen LogP contribution in [-0.2, 0) is 4.79 Å². The molecule has 0 aromatic heterocycles. The number of benzene rings is 3. The molecule has 4 rings (SSSR count). The van der Waals surface area contributed by atoms with E-state index in [0.717, 1.165) is 48.3 Å². The summed E-state index contributed by atoms with van der Waals surface area (Å²) < 4.78 is 0. The fourth-order valence-corrected chi connectivity index (χ4v) is 6.54. The highest BCUT2D eigenvalue weighted by molar-refractivity contribution is 6.34. The molecular weight excluding hydrogens is 542 g/mol. The third-order valence-corrected chi connectivity index (χ3v) is 8.35. The van der Waals surface area contributed by atoms with Crippen LogP contribution in [0.5, 0.6) is 0 Å². The molecule has 0 radical (unpaired) electrons. The Morgan fingerprint density at radius 2 is 1.74 bits per heavy atom. The van der Waals surface area contributed by atoms with Gasteiger partial charge in [-0.2, -0.15) is 0 Å². The maximum absolute atomic E-state index is 12.7. The molecule has 0 spiro atoms. The van der Waals surface area contributed by atoms with Gasteiger partial charge in [0.05, 0.1) is 16.3 Å². The minimum absolute atomic E-state index is 0.142. The van der Waals surface area contributed by atoms with Crippen molar-refractivity contribution in [3.63, 3.8) is 0 Å². The Hall–Kier alpha value is -3.57. The van der Waals surface area contributed by atoms with E-state index >= 15 is 0 Å². The van der Waals surface area contributed by atoms with E-state index in [4.69, 9.17) is 11.6 Å². The van der Waals surface area contributed by atoms with Gasteiger partial charge < -0.3 is 9.80 Å². The summed E-state index contributed by atoms with van der Waals surface area (Å²) in [7, 11) is 3.41. The molecule has 0 bridgehead atoms. The fourth-order valence-electron chi connectivity index (χ4n) is 6.28. The first-order chi connectivity index (χ1) is 19.8. The molecule has 3 aromatic rings. The maximum Gasteiger partial charge on any atom is 0.254 e. The van der Waals surface area contributed by atoms with Crippen LogP contribution in [0.2, 0.25) is 5.02 Å². The number of amides is 2. The van der Waals surface area contributed by atoms with Crippen LogP contribution in [0.1, 0.15) is 69.3 Å². The van der Waals surface area contributed by atoms with Gasteiger partial charge in [0.1, 0.15) is 0 Å². The number of carbonyl (C=O) groups is 2. The fraction of sp³-hybridized carbons (Fsp3) is 0.389. The highest BCUT2D eigenvalue weighted by Gasteiger charge is 2.39. The molecule has 0 saturated carbocycles. The van der Waals surface area contributed by atoms with E-state index < -0.39 is 0 Å². The maximum atomic E-state index is 12.7. The van der Waals surface area contributed by atoms with Crippen molar-refractivity contribution in [2.75, 3.05) is 25.5 Å². The summed E-state index contributed by atoms with van der Waals surface area (Å²) in [4.78, 5) is 31.0. The summed E-state index contributed by atoms with van der Waals surface area (Å²) in [6.45, 7) is 16.8. The van der Waals surface area contributed by atoms with Crippen molar-refractivity contribution in [2.45, 2.75) is 59.4 Å². The van der Waals surface area contributed by atoms with Gasteiger partial charge in [0.15, 0.2) is 0 Å². The Morgan fingerprint density at radius 3 is 2.36 bits per heavy atom. The van der Waals surface area contributed by atoms with Crippen LogP contribution >= 0.6 is 11.6 Å². The normalized spacial score (nSPS) is 16.9. The Morgan fingerprint density at radius 1 is 1.05 bits per heavy atom. The van der Waals surface area contributed by atoms with Crippen LogP contribution in [0, 0.1) is 11.3 Å². The number of allylic oxidation sites excluding steroid dienone is 1. The summed E-state index contributed by atoms with van der Waals surface area (Å²) >= 11 is 6.52. The van der Waals surface area contributed by atoms with Crippen LogP contribution < -0.4 is 4.90 Å². The van der Waals surface area contributed by atoms with Crippen LogP contribution in [0.25, 0.3) is 11.1 Å². The van der Waals surface area contributed by atoms with Crippen molar-refractivity contribution in [3.8, 4) is 11.1 Å². The standard InChI is InChI=1S/C36H44ClN3O2/c1-24(2)34-30(18-19-39(34)25(3)22-36(4,5)6)29-14-9-10-15-33(29)40(23-41)28-13-11-12-26(20-28)27-16-17-31(32(37)21-27)35(42)38(7)8/h9-17,20-21,23-24,30,34H,3,18-19,22H2,1-2,4-8H3. The Kier molecular flexibility index (Phi) is 9.52. The van der Waals surface area contributed by atoms with E-state index in [1.54, 1.807) is 31.1 Å². The minimum atomic E-state index is -0.142. The van der Waals surface area contributed by atoms with Crippen LogP contribution in [0.15, 0.2) is 79.0 Å². The van der Waals surface area contributed by atoms with Crippen molar-refractivity contribution in [3.05, 3.63) is 95.2 Å². The number of anilines is 2. The second kappa shape index (κ2) is 12.7. The van der Waals surface area contributed by atoms with Crippen LogP contribution in [0.4, 0.5) is 11.4 Å². The van der Waals surface area contributed by atoms with Crippen molar-refractivity contribution in [1.29, 1.82) is 0 Å². The molecule has 42 heavy (non-hydrogen) atoms. The zero-order chi connectivity index (χ0) is 30.8. The largest absolute Gasteiger partial charge is 0.371 e. The second-order valence-corrected chi connectivity index (χ2v) is 13.5. The summed E-state index contributed by atoms with van der Waals surface area (Å²) in [5, 5.41) is 0.396. The van der Waals surface area contributed by atoms with Gasteiger partial charge in [0.25, 0.3) is 5.91 Å². The molecule has 2 unspecified atom stereocenters. The molecule has 2 amide bonds. The topological polar surface area (TPSA) is 43.9 Å². The second-order valence-electron chi connectivity index (χ2n) is 13.1. The molecule has 3 aromatic carbocycles. The first-order valence-corrected chi connectivity index (χ1v) is 15.1. The molecule has 1 heterocycles. The average Bonchev–Trinajstić information content (AvgIpc) is 3.38. The highest BCUT2D eigenvalue weighted by atomic mass is 35.5. The Balaban J connectivity index is 1.69. The smallest absolute Gasteiger partial charge is 0.254 e. The van der Waals surface area contributed by atoms with Gasteiger partial charge >= 0.3 is 0 Å². The monoisotopic (exact) mass is 585 g/mol. The van der Waals surface area contributed by atoms with Crippen molar-refractivity contribution in [2.24, 2.45) is 11.3 Å². The molecular formula is C36H44ClN3O2. The van der Waals surface area contributed by atoms with Gasteiger partial charge in [-0.3, -0.25) is 14.5 Å². The first kappa shape index (κ1) is 31.4. The van der Waals surface area contributed by atoms with Gasteiger partial charge in [-0.05, 0) is 71.2 Å². The van der Waals surface area contributed by atoms with Crippen molar-refractivity contribution in [1.82, 2.24) is 9.80 Å². The zero-order valence-electron chi connectivity index (χ0n) is 26.0. The number of nitrogens with zero attached hydrogens (tertiary/aromatic N) is 3. The summed E-state index contributed by atoms with van der Waals surface area (Å²) in [5.74, 6) is 0.544. The van der Waals surface area contributed by atoms with Crippen molar-refractivity contribution >= 4 is 35.3 Å². The molecule has 1 aliphatic rings. The molecule has 0 N–H and O–H groups in total. The highest BCUT2D eigenvalue weighted by Crippen LogP contribution is 2.45. The predicted molar refractivity (Wildman–Crippen MR) is 175 cm³/mol. The molecule has 0 aliphatic carbocycles. The molecule has 5 nitrogen and oxygen atoms in total. The predicted octanol–water partition coefficient (Wildman–Crippen LogP) is 8.77. The number of para-hydroxylation sites is 1. The molecule has 2 atom stereocenters. The average molecular weight is 586 g/mol. The lowest BCUT2D eigenvalue weighted by Crippen LogP contribution is -2.36. The van der Waals surface area contributed by atoms with Gasteiger partial charge in [-0.1, -0.05) is 89.2 Å². The quantitative estimate of drug-likeness (QED) is 0.236. The molecule has 1 aliphatic heterocycles. The van der Waals surface area contributed by atoms with E-state index in [0.29, 0.717) is 22.5 Å². The van der Waals surface area contributed by atoms with E-state index in [2.05, 4.69) is 58.2 Å². The van der Waals surface area contributed by atoms with E-state index in [1.807, 2.05) is 42.5 Å². The van der Waals surface area contributed by atoms with E-state index in [9.17, 15) is 9.59 Å². The third-order valence-electron chi connectivity index (χ3n) is 8.04. The van der Waals surface area contributed by atoms with Gasteiger partial charge in [0.2, 0.25) is 6.41 Å². The number of halogens is 1. The molecule has 6 heteroatoms. The zero-order valence-corrected chi connectivity index (χ0v) is 26.8.